The van der Waals surface area contributed by atoms with Crippen LogP contribution in [0.1, 0.15) is 20.7 Å². The topological polar surface area (TPSA) is 86.2 Å². The summed E-state index contributed by atoms with van der Waals surface area (Å²) < 4.78 is 2.74. The lowest BCUT2D eigenvalue weighted by atomic mass is 10.2. The number of primary amides is 2. The van der Waals surface area contributed by atoms with Crippen molar-refractivity contribution < 1.29 is 9.59 Å². The van der Waals surface area contributed by atoms with Crippen LogP contribution in [-0.4, -0.2) is 11.8 Å². The van der Waals surface area contributed by atoms with Gasteiger partial charge in [0.05, 0.1) is 8.42 Å². The number of carbonyl (C=O) groups is 2. The van der Waals surface area contributed by atoms with Gasteiger partial charge < -0.3 is 11.5 Å². The molecule has 0 saturated heterocycles. The number of rotatable bonds is 5. The Hall–Kier alpha value is -2.52. The van der Waals surface area contributed by atoms with Crippen LogP contribution >= 0.6 is 44.3 Å². The van der Waals surface area contributed by atoms with Crippen LogP contribution in [0.15, 0.2) is 104 Å². The summed E-state index contributed by atoms with van der Waals surface area (Å²) in [5.74, 6) is -0.758. The molecule has 30 heavy (non-hydrogen) atoms. The maximum Gasteiger partial charge on any atom is 0.248 e. The van der Waals surface area contributed by atoms with Crippen molar-refractivity contribution in [3.63, 3.8) is 0 Å². The monoisotopic (exact) mass is 472 g/mol. The third-order valence-electron chi connectivity index (χ3n) is 3.31. The molecule has 2 aromatic carbocycles. The SMILES string of the molecule is NC(=O)c1ccccc1.NC(=O)c1ccccc1.c1csc(SSc2cccs2)c1. The van der Waals surface area contributed by atoms with E-state index in [-0.39, 0.29) is 11.8 Å². The van der Waals surface area contributed by atoms with E-state index < -0.39 is 0 Å². The zero-order chi connectivity index (χ0) is 21.6. The normalized spacial score (nSPS) is 9.47. The largest absolute Gasteiger partial charge is 0.366 e. The first kappa shape index (κ1) is 23.8. The molecule has 0 atom stereocenters. The summed E-state index contributed by atoms with van der Waals surface area (Å²) in [6.07, 6.45) is 0. The van der Waals surface area contributed by atoms with Gasteiger partial charge in [-0.15, -0.1) is 22.7 Å². The van der Waals surface area contributed by atoms with Gasteiger partial charge in [-0.3, -0.25) is 9.59 Å². The smallest absolute Gasteiger partial charge is 0.248 e. The Labute approximate surface area is 191 Å². The molecule has 0 aliphatic rings. The van der Waals surface area contributed by atoms with E-state index in [1.807, 2.05) is 33.7 Å². The van der Waals surface area contributed by atoms with Crippen molar-refractivity contribution in [2.45, 2.75) is 8.42 Å². The van der Waals surface area contributed by atoms with Crippen molar-refractivity contribution >= 4 is 56.1 Å². The molecule has 154 valence electrons. The standard InChI is InChI=1S/C8H6S4.2C7H7NO/c1-3-7(9-5-1)11-12-8-4-2-6-10-8;2*8-7(9)6-4-2-1-3-5-6/h1-6H;2*1-5H,(H2,8,9). The van der Waals surface area contributed by atoms with E-state index in [4.69, 9.17) is 11.5 Å². The minimum absolute atomic E-state index is 0.379. The molecule has 2 aromatic heterocycles. The van der Waals surface area contributed by atoms with Crippen molar-refractivity contribution in [1.82, 2.24) is 0 Å². The highest BCUT2D eigenvalue weighted by Crippen LogP contribution is 2.41. The van der Waals surface area contributed by atoms with Gasteiger partial charge in [0.25, 0.3) is 0 Å². The third-order valence-corrected chi connectivity index (χ3v) is 8.36. The molecule has 4 rings (SSSR count). The number of benzene rings is 2. The van der Waals surface area contributed by atoms with Gasteiger partial charge in [0.15, 0.2) is 0 Å². The van der Waals surface area contributed by atoms with Crippen molar-refractivity contribution in [3.05, 3.63) is 107 Å². The van der Waals surface area contributed by atoms with E-state index in [9.17, 15) is 9.59 Å². The summed E-state index contributed by atoms with van der Waals surface area (Å²) in [4.78, 5) is 20.8. The third kappa shape index (κ3) is 9.32. The molecule has 2 amide bonds. The lowest BCUT2D eigenvalue weighted by Crippen LogP contribution is -2.09. The Balaban J connectivity index is 0.000000163. The predicted molar refractivity (Wildman–Crippen MR) is 130 cm³/mol. The Bertz CT molecular complexity index is 907. The Morgan fingerprint density at radius 3 is 1.17 bits per heavy atom. The zero-order valence-electron chi connectivity index (χ0n) is 15.8. The molecule has 4 nitrogen and oxygen atoms in total. The fraction of sp³-hybridized carbons (Fsp3) is 0. The fourth-order valence-electron chi connectivity index (χ4n) is 1.91. The Morgan fingerprint density at radius 1 is 0.567 bits per heavy atom. The van der Waals surface area contributed by atoms with Gasteiger partial charge in [-0.1, -0.05) is 48.5 Å². The fourth-order valence-corrected chi connectivity index (χ4v) is 6.03. The van der Waals surface area contributed by atoms with Crippen molar-refractivity contribution in [3.8, 4) is 0 Å². The van der Waals surface area contributed by atoms with Gasteiger partial charge in [-0.05, 0) is 68.7 Å². The van der Waals surface area contributed by atoms with E-state index in [1.54, 1.807) is 71.2 Å². The minimum atomic E-state index is -0.379. The summed E-state index contributed by atoms with van der Waals surface area (Å²) in [7, 11) is 3.66. The van der Waals surface area contributed by atoms with Crippen molar-refractivity contribution in [2.24, 2.45) is 11.5 Å². The number of hydrogen-bond acceptors (Lipinski definition) is 6. The number of amides is 2. The van der Waals surface area contributed by atoms with Gasteiger partial charge in [-0.25, -0.2) is 0 Å². The highest BCUT2D eigenvalue weighted by atomic mass is 33.1. The first-order valence-corrected chi connectivity index (χ1v) is 12.6. The van der Waals surface area contributed by atoms with Gasteiger partial charge in [0, 0.05) is 11.1 Å². The molecule has 0 bridgehead atoms. The maximum atomic E-state index is 10.4. The average molecular weight is 473 g/mol. The highest BCUT2D eigenvalue weighted by Gasteiger charge is 1.98. The van der Waals surface area contributed by atoms with Crippen LogP contribution in [0.3, 0.4) is 0 Å². The number of carbonyl (C=O) groups excluding carboxylic acids is 2. The van der Waals surface area contributed by atoms with Crippen LogP contribution in [-0.2, 0) is 0 Å². The van der Waals surface area contributed by atoms with Gasteiger partial charge in [0.1, 0.15) is 0 Å². The molecule has 2 heterocycles. The van der Waals surface area contributed by atoms with Crippen molar-refractivity contribution in [2.75, 3.05) is 0 Å². The van der Waals surface area contributed by atoms with Crippen LogP contribution < -0.4 is 11.5 Å². The first-order chi connectivity index (χ1) is 14.6. The van der Waals surface area contributed by atoms with E-state index >= 15 is 0 Å². The highest BCUT2D eigenvalue weighted by molar-refractivity contribution is 8.77. The van der Waals surface area contributed by atoms with Gasteiger partial charge >= 0.3 is 0 Å². The summed E-state index contributed by atoms with van der Waals surface area (Å²) in [6.45, 7) is 0. The number of nitrogens with two attached hydrogens (primary N) is 2. The maximum absolute atomic E-state index is 10.4. The second-order valence-corrected chi connectivity index (χ2v) is 10.1. The van der Waals surface area contributed by atoms with E-state index in [0.717, 1.165) is 0 Å². The van der Waals surface area contributed by atoms with Crippen LogP contribution in [0.25, 0.3) is 0 Å². The molecule has 0 fully saturated rings. The average Bonchev–Trinajstić information content (AvgIpc) is 3.48. The molecule has 4 aromatic rings. The molecular weight excluding hydrogens is 453 g/mol. The van der Waals surface area contributed by atoms with Crippen LogP contribution in [0.5, 0.6) is 0 Å². The van der Waals surface area contributed by atoms with E-state index in [1.165, 1.54) is 8.42 Å². The predicted octanol–water partition coefficient (Wildman–Crippen LogP) is 6.18. The van der Waals surface area contributed by atoms with Crippen LogP contribution in [0, 0.1) is 0 Å². The van der Waals surface area contributed by atoms with Gasteiger partial charge in [-0.2, -0.15) is 0 Å². The first-order valence-electron chi connectivity index (χ1n) is 8.67. The van der Waals surface area contributed by atoms with Crippen LogP contribution in [0.2, 0.25) is 0 Å². The minimum Gasteiger partial charge on any atom is -0.366 e. The van der Waals surface area contributed by atoms with Crippen LogP contribution in [0.4, 0.5) is 0 Å². The number of hydrogen-bond donors (Lipinski definition) is 2. The number of thiophene rings is 2. The second kappa shape index (κ2) is 13.7. The Kier molecular flexibility index (Phi) is 10.8. The second-order valence-electron chi connectivity index (χ2n) is 5.49. The summed E-state index contributed by atoms with van der Waals surface area (Å²) in [5.41, 5.74) is 11.1. The van der Waals surface area contributed by atoms with Gasteiger partial charge in [0.2, 0.25) is 11.8 Å². The lowest BCUT2D eigenvalue weighted by Gasteiger charge is -1.91. The molecule has 0 spiro atoms. The summed E-state index contributed by atoms with van der Waals surface area (Å²) >= 11 is 3.58. The molecule has 0 aliphatic heterocycles. The Morgan fingerprint density at radius 2 is 0.933 bits per heavy atom. The molecule has 0 saturated carbocycles. The summed E-state index contributed by atoms with van der Waals surface area (Å²) in [5, 5.41) is 4.22. The quantitative estimate of drug-likeness (QED) is 0.340. The van der Waals surface area contributed by atoms with E-state index in [0.29, 0.717) is 11.1 Å². The van der Waals surface area contributed by atoms with E-state index in [2.05, 4.69) is 35.0 Å². The van der Waals surface area contributed by atoms with Crippen molar-refractivity contribution in [1.29, 1.82) is 0 Å². The molecule has 4 N–H and O–H groups in total. The molecular formula is C22H20N2O2S4. The lowest BCUT2D eigenvalue weighted by molar-refractivity contribution is 0.0992. The zero-order valence-corrected chi connectivity index (χ0v) is 19.1. The molecule has 8 heteroatoms. The molecule has 0 radical (unpaired) electrons. The molecule has 0 unspecified atom stereocenters. The summed E-state index contributed by atoms with van der Waals surface area (Å²) in [6, 6.07) is 26.0. The molecule has 0 aliphatic carbocycles.